The summed E-state index contributed by atoms with van der Waals surface area (Å²) < 4.78 is 0. The van der Waals surface area contributed by atoms with Crippen LogP contribution in [0.25, 0.3) is 0 Å². The summed E-state index contributed by atoms with van der Waals surface area (Å²) in [6.45, 7) is 3.79. The summed E-state index contributed by atoms with van der Waals surface area (Å²) in [5.41, 5.74) is 7.40. The van der Waals surface area contributed by atoms with Crippen LogP contribution in [0.4, 0.5) is 0 Å². The summed E-state index contributed by atoms with van der Waals surface area (Å²) in [5, 5.41) is 9.05. The highest BCUT2D eigenvalue weighted by molar-refractivity contribution is 5.31. The van der Waals surface area contributed by atoms with E-state index in [1.807, 2.05) is 38.1 Å². The van der Waals surface area contributed by atoms with Crippen LogP contribution < -0.4 is 5.73 Å². The van der Waals surface area contributed by atoms with Crippen molar-refractivity contribution in [2.45, 2.75) is 19.4 Å². The van der Waals surface area contributed by atoms with Crippen LogP contribution in [-0.4, -0.2) is 11.7 Å². The lowest BCUT2D eigenvalue weighted by Crippen LogP contribution is -2.37. The number of benzene rings is 1. The van der Waals surface area contributed by atoms with Crippen molar-refractivity contribution < 1.29 is 5.11 Å². The zero-order valence-corrected chi connectivity index (χ0v) is 7.54. The van der Waals surface area contributed by atoms with Gasteiger partial charge in [-0.2, -0.15) is 0 Å². The Kier molecular flexibility index (Phi) is 2.50. The van der Waals surface area contributed by atoms with Crippen molar-refractivity contribution in [1.29, 1.82) is 0 Å². The molecule has 2 nitrogen and oxygen atoms in total. The van der Waals surface area contributed by atoms with E-state index in [4.69, 9.17) is 10.8 Å². The predicted octanol–water partition coefficient (Wildman–Crippen LogP) is 1.16. The van der Waals surface area contributed by atoms with Crippen LogP contribution in [0, 0.1) is 6.92 Å². The van der Waals surface area contributed by atoms with Crippen molar-refractivity contribution in [2.24, 2.45) is 5.73 Å². The minimum atomic E-state index is -0.620. The van der Waals surface area contributed by atoms with Gasteiger partial charge in [-0.25, -0.2) is 0 Å². The van der Waals surface area contributed by atoms with E-state index in [9.17, 15) is 0 Å². The standard InChI is InChI=1S/C10H15NO/c1-8-5-3-4-6-9(8)10(2,11)7-12/h3-6,12H,7,11H2,1-2H3/t10-/m0/s1. The van der Waals surface area contributed by atoms with E-state index >= 15 is 0 Å². The number of aliphatic hydroxyl groups is 1. The molecule has 1 atom stereocenters. The zero-order chi connectivity index (χ0) is 9.19. The van der Waals surface area contributed by atoms with E-state index in [-0.39, 0.29) is 6.61 Å². The van der Waals surface area contributed by atoms with Crippen molar-refractivity contribution in [3.05, 3.63) is 35.4 Å². The number of nitrogens with two attached hydrogens (primary N) is 1. The van der Waals surface area contributed by atoms with Crippen LogP contribution in [0.3, 0.4) is 0 Å². The minimum Gasteiger partial charge on any atom is -0.394 e. The van der Waals surface area contributed by atoms with Crippen molar-refractivity contribution in [3.63, 3.8) is 0 Å². The Labute approximate surface area is 73.0 Å². The maximum Gasteiger partial charge on any atom is 0.0650 e. The first-order chi connectivity index (χ1) is 5.58. The number of hydrogen-bond acceptors (Lipinski definition) is 2. The normalized spacial score (nSPS) is 15.7. The average Bonchev–Trinajstić information content (AvgIpc) is 2.05. The largest absolute Gasteiger partial charge is 0.394 e. The first kappa shape index (κ1) is 9.23. The number of hydrogen-bond donors (Lipinski definition) is 2. The first-order valence-electron chi connectivity index (χ1n) is 4.04. The summed E-state index contributed by atoms with van der Waals surface area (Å²) >= 11 is 0. The van der Waals surface area contributed by atoms with Crippen LogP contribution in [0.5, 0.6) is 0 Å². The molecule has 0 amide bonds. The lowest BCUT2D eigenvalue weighted by molar-refractivity contribution is 0.209. The van der Waals surface area contributed by atoms with Crippen LogP contribution in [0.15, 0.2) is 24.3 Å². The van der Waals surface area contributed by atoms with Crippen molar-refractivity contribution >= 4 is 0 Å². The van der Waals surface area contributed by atoms with E-state index < -0.39 is 5.54 Å². The highest BCUT2D eigenvalue weighted by atomic mass is 16.3. The van der Waals surface area contributed by atoms with Crippen LogP contribution in [0.1, 0.15) is 18.1 Å². The molecule has 0 aromatic heterocycles. The van der Waals surface area contributed by atoms with Gasteiger partial charge in [0.05, 0.1) is 12.1 Å². The number of rotatable bonds is 2. The molecule has 1 rings (SSSR count). The van der Waals surface area contributed by atoms with E-state index in [0.717, 1.165) is 11.1 Å². The summed E-state index contributed by atoms with van der Waals surface area (Å²) in [6, 6.07) is 7.84. The van der Waals surface area contributed by atoms with Gasteiger partial charge in [-0.3, -0.25) is 0 Å². The molecular formula is C10H15NO. The van der Waals surface area contributed by atoms with Gasteiger partial charge in [0.2, 0.25) is 0 Å². The summed E-state index contributed by atoms with van der Waals surface area (Å²) in [6.07, 6.45) is 0. The summed E-state index contributed by atoms with van der Waals surface area (Å²) in [7, 11) is 0. The second kappa shape index (κ2) is 3.25. The van der Waals surface area contributed by atoms with Gasteiger partial charge < -0.3 is 10.8 Å². The van der Waals surface area contributed by atoms with Gasteiger partial charge in [0.15, 0.2) is 0 Å². The number of aryl methyl sites for hydroxylation is 1. The van der Waals surface area contributed by atoms with Crippen LogP contribution in [-0.2, 0) is 5.54 Å². The molecular weight excluding hydrogens is 150 g/mol. The molecule has 0 fully saturated rings. The fourth-order valence-electron chi connectivity index (χ4n) is 1.30. The van der Waals surface area contributed by atoms with Crippen LogP contribution in [0.2, 0.25) is 0 Å². The monoisotopic (exact) mass is 165 g/mol. The maximum absolute atomic E-state index is 9.05. The fraction of sp³-hybridized carbons (Fsp3) is 0.400. The molecule has 0 spiro atoms. The third kappa shape index (κ3) is 1.65. The smallest absolute Gasteiger partial charge is 0.0650 e. The fourth-order valence-corrected chi connectivity index (χ4v) is 1.30. The van der Waals surface area contributed by atoms with Crippen molar-refractivity contribution in [3.8, 4) is 0 Å². The molecule has 0 aliphatic heterocycles. The zero-order valence-electron chi connectivity index (χ0n) is 7.54. The SMILES string of the molecule is Cc1ccccc1[C@@](C)(N)CO. The molecule has 0 saturated heterocycles. The van der Waals surface area contributed by atoms with E-state index in [1.54, 1.807) is 0 Å². The van der Waals surface area contributed by atoms with Crippen LogP contribution >= 0.6 is 0 Å². The average molecular weight is 165 g/mol. The quantitative estimate of drug-likeness (QED) is 0.690. The molecule has 0 radical (unpaired) electrons. The third-order valence-electron chi connectivity index (χ3n) is 2.09. The van der Waals surface area contributed by atoms with Gasteiger partial charge >= 0.3 is 0 Å². The molecule has 0 saturated carbocycles. The second-order valence-electron chi connectivity index (χ2n) is 3.39. The molecule has 66 valence electrons. The molecule has 0 heterocycles. The van der Waals surface area contributed by atoms with E-state index in [2.05, 4.69) is 0 Å². The molecule has 1 aromatic carbocycles. The molecule has 1 aromatic rings. The topological polar surface area (TPSA) is 46.2 Å². The Balaban J connectivity index is 3.10. The molecule has 0 unspecified atom stereocenters. The van der Waals surface area contributed by atoms with E-state index in [0.29, 0.717) is 0 Å². The summed E-state index contributed by atoms with van der Waals surface area (Å²) in [5.74, 6) is 0. The molecule has 3 N–H and O–H groups in total. The molecule has 0 aliphatic carbocycles. The summed E-state index contributed by atoms with van der Waals surface area (Å²) in [4.78, 5) is 0. The van der Waals surface area contributed by atoms with Gasteiger partial charge in [0.25, 0.3) is 0 Å². The molecule has 12 heavy (non-hydrogen) atoms. The van der Waals surface area contributed by atoms with Gasteiger partial charge in [-0.1, -0.05) is 24.3 Å². The Morgan fingerprint density at radius 2 is 2.00 bits per heavy atom. The second-order valence-corrected chi connectivity index (χ2v) is 3.39. The van der Waals surface area contributed by atoms with Gasteiger partial charge in [0.1, 0.15) is 0 Å². The minimum absolute atomic E-state index is 0.0299. The van der Waals surface area contributed by atoms with Gasteiger partial charge in [0, 0.05) is 0 Å². The Morgan fingerprint density at radius 1 is 1.42 bits per heavy atom. The highest BCUT2D eigenvalue weighted by Gasteiger charge is 2.20. The lowest BCUT2D eigenvalue weighted by atomic mass is 9.90. The first-order valence-corrected chi connectivity index (χ1v) is 4.04. The van der Waals surface area contributed by atoms with Crippen molar-refractivity contribution in [2.75, 3.05) is 6.61 Å². The molecule has 0 bridgehead atoms. The molecule has 2 heteroatoms. The predicted molar refractivity (Wildman–Crippen MR) is 49.8 cm³/mol. The number of aliphatic hydroxyl groups excluding tert-OH is 1. The van der Waals surface area contributed by atoms with Gasteiger partial charge in [-0.15, -0.1) is 0 Å². The van der Waals surface area contributed by atoms with E-state index in [1.165, 1.54) is 0 Å². The Hall–Kier alpha value is -0.860. The maximum atomic E-state index is 9.05. The highest BCUT2D eigenvalue weighted by Crippen LogP contribution is 2.20. The van der Waals surface area contributed by atoms with Crippen molar-refractivity contribution in [1.82, 2.24) is 0 Å². The molecule has 0 aliphatic rings. The van der Waals surface area contributed by atoms with Gasteiger partial charge in [-0.05, 0) is 25.0 Å². The Morgan fingerprint density at radius 3 is 2.50 bits per heavy atom. The third-order valence-corrected chi connectivity index (χ3v) is 2.09. The lowest BCUT2D eigenvalue weighted by Gasteiger charge is -2.24. The Bertz CT molecular complexity index is 268.